The predicted molar refractivity (Wildman–Crippen MR) is 81.9 cm³/mol. The average Bonchev–Trinajstić information content (AvgIpc) is 2.48. The van der Waals surface area contributed by atoms with Crippen molar-refractivity contribution in [1.29, 1.82) is 0 Å². The lowest BCUT2D eigenvalue weighted by molar-refractivity contribution is -0.128. The fraction of sp³-hybridized carbons (Fsp3) is 0.0625. The summed E-state index contributed by atoms with van der Waals surface area (Å²) in [4.78, 5) is 11.7. The van der Waals surface area contributed by atoms with Gasteiger partial charge in [0.25, 0.3) is 0 Å². The molecule has 0 N–H and O–H groups in total. The van der Waals surface area contributed by atoms with Crippen molar-refractivity contribution in [2.24, 2.45) is 0 Å². The summed E-state index contributed by atoms with van der Waals surface area (Å²) >= 11 is 3.23. The minimum atomic E-state index is -2.94. The first-order valence-electron chi connectivity index (χ1n) is 6.24. The first-order chi connectivity index (χ1) is 10.5. The SMILES string of the molecule is O=C(C=Cc1cc(Br)ccc1OC(F)F)Oc1ccccc1. The molecule has 0 heterocycles. The summed E-state index contributed by atoms with van der Waals surface area (Å²) in [7, 11) is 0. The number of alkyl halides is 2. The van der Waals surface area contributed by atoms with Crippen LogP contribution in [0.4, 0.5) is 8.78 Å². The van der Waals surface area contributed by atoms with Crippen LogP contribution in [0.3, 0.4) is 0 Å². The molecule has 6 heteroatoms. The van der Waals surface area contributed by atoms with Gasteiger partial charge in [0.05, 0.1) is 0 Å². The lowest BCUT2D eigenvalue weighted by Gasteiger charge is -2.08. The lowest BCUT2D eigenvalue weighted by Crippen LogP contribution is -2.05. The van der Waals surface area contributed by atoms with Crippen LogP contribution in [0.25, 0.3) is 6.08 Å². The maximum atomic E-state index is 12.3. The Morgan fingerprint density at radius 3 is 2.55 bits per heavy atom. The molecule has 0 bridgehead atoms. The zero-order chi connectivity index (χ0) is 15.9. The maximum Gasteiger partial charge on any atom is 0.387 e. The van der Waals surface area contributed by atoms with Gasteiger partial charge < -0.3 is 9.47 Å². The van der Waals surface area contributed by atoms with Crippen molar-refractivity contribution in [1.82, 2.24) is 0 Å². The highest BCUT2D eigenvalue weighted by Gasteiger charge is 2.09. The van der Waals surface area contributed by atoms with Crippen LogP contribution in [0, 0.1) is 0 Å². The summed E-state index contributed by atoms with van der Waals surface area (Å²) in [5.74, 6) is -0.244. The Kier molecular flexibility index (Phi) is 5.66. The Balaban J connectivity index is 2.11. The number of benzene rings is 2. The van der Waals surface area contributed by atoms with E-state index in [4.69, 9.17) is 4.74 Å². The molecule has 0 amide bonds. The van der Waals surface area contributed by atoms with Crippen molar-refractivity contribution >= 4 is 28.0 Å². The van der Waals surface area contributed by atoms with Crippen molar-refractivity contribution < 1.29 is 23.0 Å². The van der Waals surface area contributed by atoms with Gasteiger partial charge >= 0.3 is 12.6 Å². The second kappa shape index (κ2) is 7.70. The molecule has 0 saturated heterocycles. The van der Waals surface area contributed by atoms with Gasteiger partial charge in [0, 0.05) is 16.1 Å². The molecule has 22 heavy (non-hydrogen) atoms. The van der Waals surface area contributed by atoms with Crippen LogP contribution < -0.4 is 9.47 Å². The van der Waals surface area contributed by atoms with Crippen molar-refractivity contribution in [3.8, 4) is 11.5 Å². The largest absolute Gasteiger partial charge is 0.434 e. The lowest BCUT2D eigenvalue weighted by atomic mass is 10.2. The van der Waals surface area contributed by atoms with E-state index >= 15 is 0 Å². The topological polar surface area (TPSA) is 35.5 Å². The van der Waals surface area contributed by atoms with E-state index in [1.807, 2.05) is 0 Å². The van der Waals surface area contributed by atoms with Crippen molar-refractivity contribution in [3.63, 3.8) is 0 Å². The molecule has 0 aliphatic heterocycles. The summed E-state index contributed by atoms with van der Waals surface area (Å²) in [6.45, 7) is -2.94. The summed E-state index contributed by atoms with van der Waals surface area (Å²) < 4.78 is 34.8. The molecule has 0 radical (unpaired) electrons. The van der Waals surface area contributed by atoms with Crippen molar-refractivity contribution in [2.75, 3.05) is 0 Å². The van der Waals surface area contributed by atoms with Gasteiger partial charge in [-0.1, -0.05) is 34.1 Å². The second-order valence-electron chi connectivity index (χ2n) is 4.13. The Hall–Kier alpha value is -2.21. The molecular weight excluding hydrogens is 358 g/mol. The van der Waals surface area contributed by atoms with Crippen molar-refractivity contribution in [3.05, 3.63) is 64.6 Å². The Morgan fingerprint density at radius 2 is 1.86 bits per heavy atom. The van der Waals surface area contributed by atoms with Crippen LogP contribution in [0.2, 0.25) is 0 Å². The summed E-state index contributed by atoms with van der Waals surface area (Å²) in [5.41, 5.74) is 0.333. The van der Waals surface area contributed by atoms with Crippen molar-refractivity contribution in [2.45, 2.75) is 6.61 Å². The summed E-state index contributed by atoms with van der Waals surface area (Å²) in [5, 5.41) is 0. The van der Waals surface area contributed by atoms with Crippen LogP contribution in [-0.4, -0.2) is 12.6 Å². The average molecular weight is 369 g/mol. The number of carbonyl (C=O) groups excluding carboxylic acids is 1. The quantitative estimate of drug-likeness (QED) is 0.437. The monoisotopic (exact) mass is 368 g/mol. The third-order valence-electron chi connectivity index (χ3n) is 2.55. The fourth-order valence-corrected chi connectivity index (χ4v) is 2.03. The van der Waals surface area contributed by atoms with Gasteiger partial charge in [-0.3, -0.25) is 0 Å². The highest BCUT2D eigenvalue weighted by atomic mass is 79.9. The van der Waals surface area contributed by atoms with Gasteiger partial charge in [-0.2, -0.15) is 8.78 Å². The molecule has 0 spiro atoms. The van der Waals surface area contributed by atoms with Gasteiger partial charge in [-0.15, -0.1) is 0 Å². The van der Waals surface area contributed by atoms with Gasteiger partial charge in [-0.25, -0.2) is 4.79 Å². The van der Waals surface area contributed by atoms with Gasteiger partial charge in [0.1, 0.15) is 11.5 Å². The van der Waals surface area contributed by atoms with Gasteiger partial charge in [0.15, 0.2) is 0 Å². The smallest absolute Gasteiger partial charge is 0.387 e. The van der Waals surface area contributed by atoms with E-state index in [2.05, 4.69) is 20.7 Å². The Labute approximate surface area is 134 Å². The van der Waals surface area contributed by atoms with E-state index in [9.17, 15) is 13.6 Å². The number of esters is 1. The highest BCUT2D eigenvalue weighted by Crippen LogP contribution is 2.26. The van der Waals surface area contributed by atoms with Crippen LogP contribution in [0.1, 0.15) is 5.56 Å². The standard InChI is InChI=1S/C16H11BrF2O3/c17-12-7-8-14(22-16(18)19)11(10-12)6-9-15(20)21-13-4-2-1-3-5-13/h1-10,16H. The summed E-state index contributed by atoms with van der Waals surface area (Å²) in [6, 6.07) is 13.0. The fourth-order valence-electron chi connectivity index (χ4n) is 1.65. The second-order valence-corrected chi connectivity index (χ2v) is 5.04. The molecule has 114 valence electrons. The highest BCUT2D eigenvalue weighted by molar-refractivity contribution is 9.10. The number of para-hydroxylation sites is 1. The van der Waals surface area contributed by atoms with E-state index in [0.717, 1.165) is 6.08 Å². The number of halogens is 3. The Morgan fingerprint density at radius 1 is 1.14 bits per heavy atom. The number of hydrogen-bond acceptors (Lipinski definition) is 3. The molecular formula is C16H11BrF2O3. The first kappa shape index (κ1) is 16.2. The van der Waals surface area contributed by atoms with Crippen LogP contribution >= 0.6 is 15.9 Å². The molecule has 0 unspecified atom stereocenters. The molecule has 0 atom stereocenters. The predicted octanol–water partition coefficient (Wildman–Crippen LogP) is 4.67. The molecule has 2 rings (SSSR count). The molecule has 2 aromatic rings. The molecule has 0 aliphatic rings. The zero-order valence-electron chi connectivity index (χ0n) is 11.2. The first-order valence-corrected chi connectivity index (χ1v) is 7.03. The maximum absolute atomic E-state index is 12.3. The van der Waals surface area contributed by atoms with E-state index in [1.54, 1.807) is 42.5 Å². The van der Waals surface area contributed by atoms with E-state index < -0.39 is 12.6 Å². The van der Waals surface area contributed by atoms with Crippen LogP contribution in [0.5, 0.6) is 11.5 Å². The minimum absolute atomic E-state index is 0.0260. The number of hydrogen-bond donors (Lipinski definition) is 0. The number of rotatable bonds is 5. The minimum Gasteiger partial charge on any atom is -0.434 e. The third kappa shape index (κ3) is 4.96. The van der Waals surface area contributed by atoms with Crippen LogP contribution in [0.15, 0.2) is 59.1 Å². The number of carbonyl (C=O) groups is 1. The molecule has 0 saturated carbocycles. The van der Waals surface area contributed by atoms with E-state index in [-0.39, 0.29) is 5.75 Å². The molecule has 0 aromatic heterocycles. The summed E-state index contributed by atoms with van der Waals surface area (Å²) in [6.07, 6.45) is 2.50. The van der Waals surface area contributed by atoms with Crippen LogP contribution in [-0.2, 0) is 4.79 Å². The molecule has 0 fully saturated rings. The number of ether oxygens (including phenoxy) is 2. The van der Waals surface area contributed by atoms with E-state index in [0.29, 0.717) is 15.8 Å². The zero-order valence-corrected chi connectivity index (χ0v) is 12.8. The third-order valence-corrected chi connectivity index (χ3v) is 3.04. The Bertz CT molecular complexity index is 672. The normalized spacial score (nSPS) is 10.9. The van der Waals surface area contributed by atoms with Gasteiger partial charge in [0.2, 0.25) is 0 Å². The van der Waals surface area contributed by atoms with E-state index in [1.165, 1.54) is 12.1 Å². The molecule has 2 aromatic carbocycles. The molecule has 3 nitrogen and oxygen atoms in total. The molecule has 0 aliphatic carbocycles. The van der Waals surface area contributed by atoms with Gasteiger partial charge in [-0.05, 0) is 36.4 Å².